The number of aromatic nitrogens is 5. The monoisotopic (exact) mass is 975 g/mol. The van der Waals surface area contributed by atoms with Crippen LogP contribution in [0.4, 0.5) is 32.2 Å². The van der Waals surface area contributed by atoms with Crippen molar-refractivity contribution in [2.24, 2.45) is 5.92 Å². The van der Waals surface area contributed by atoms with Crippen molar-refractivity contribution in [2.45, 2.75) is 105 Å². The van der Waals surface area contributed by atoms with E-state index < -0.39 is 113 Å². The number of nitrogens with zero attached hydrogens (tertiary/aromatic N) is 5. The number of ether oxygens (including phenoxy) is 1. The van der Waals surface area contributed by atoms with E-state index in [-0.39, 0.29) is 63.9 Å². The number of carbonyl (C=O) groups is 1. The summed E-state index contributed by atoms with van der Waals surface area (Å²) in [6, 6.07) is 7.04. The number of alkyl halides is 4. The van der Waals surface area contributed by atoms with E-state index in [9.17, 15) is 39.2 Å². The number of anilines is 1. The molecule has 2 aromatic carbocycles. The number of fused-ring (bicyclic) bond motifs is 4. The summed E-state index contributed by atoms with van der Waals surface area (Å²) in [4.78, 5) is 19.1. The first-order valence-corrected chi connectivity index (χ1v) is 24.7. The molecule has 1 amide bonds. The number of halogens is 7. The molecular formula is C44H40ClF6N7O6S2. The quantitative estimate of drug-likeness (QED) is 0.0840. The van der Waals surface area contributed by atoms with Crippen LogP contribution in [-0.2, 0) is 48.3 Å². The van der Waals surface area contributed by atoms with E-state index in [0.29, 0.717) is 47.5 Å². The van der Waals surface area contributed by atoms with Crippen molar-refractivity contribution < 1.29 is 52.7 Å². The minimum absolute atomic E-state index is 0.000220. The summed E-state index contributed by atoms with van der Waals surface area (Å²) in [6.45, 7) is 2.38. The third-order valence-corrected chi connectivity index (χ3v) is 17.9. The zero-order valence-electron chi connectivity index (χ0n) is 35.1. The van der Waals surface area contributed by atoms with Crippen molar-refractivity contribution in [3.8, 4) is 23.0 Å². The molecule has 3 atom stereocenters. The maximum atomic E-state index is 15.6. The van der Waals surface area contributed by atoms with E-state index in [0.717, 1.165) is 12.1 Å². The second kappa shape index (κ2) is 15.7. The van der Waals surface area contributed by atoms with Crippen LogP contribution in [0, 0.1) is 29.4 Å². The summed E-state index contributed by atoms with van der Waals surface area (Å²) in [7, 11) is -7.57. The maximum Gasteiger partial charge on any atom is 0.293 e. The molecule has 1 unspecified atom stereocenters. The minimum Gasteiger partial charge on any atom is -0.377 e. The number of sulfonamides is 1. The molecule has 4 fully saturated rings. The molecule has 22 heteroatoms. The number of nitrogens with one attached hydrogen (secondary N) is 2. The summed E-state index contributed by atoms with van der Waals surface area (Å²) < 4.78 is 151. The highest BCUT2D eigenvalue weighted by atomic mass is 35.5. The normalized spacial score (nSPS) is 20.6. The first-order chi connectivity index (χ1) is 31.1. The van der Waals surface area contributed by atoms with Crippen molar-refractivity contribution in [3.05, 3.63) is 93.0 Å². The van der Waals surface area contributed by atoms with Crippen LogP contribution in [0.3, 0.4) is 0 Å². The minimum atomic E-state index is -3.87. The van der Waals surface area contributed by atoms with Crippen LogP contribution in [0.25, 0.3) is 22.0 Å². The summed E-state index contributed by atoms with van der Waals surface area (Å²) in [5.74, 6) is -2.87. The molecule has 348 valence electrons. The third kappa shape index (κ3) is 7.80. The summed E-state index contributed by atoms with van der Waals surface area (Å²) in [5, 5.41) is 10.3. The molecule has 1 aliphatic heterocycles. The number of benzene rings is 2. The average molecular weight is 976 g/mol. The Bertz CT molecular complexity index is 3140. The molecule has 5 aliphatic rings. The highest BCUT2D eigenvalue weighted by Crippen LogP contribution is 2.68. The van der Waals surface area contributed by atoms with Gasteiger partial charge in [0.1, 0.15) is 40.0 Å². The van der Waals surface area contributed by atoms with Gasteiger partial charge in [0, 0.05) is 28.7 Å². The SMILES string of the molecule is CC(C)(C#Cc1ccc(-c2ccc(Cl)c3c(NS(=O)(=O)C4CC4)nn(C4COC4)c23)c([C@H](Cc2cc(F)cc(F)c2)NC(=O)Cn2nc(C(F)F)c3c2C(F)(F)C2C[C@H]32)n1)S(=O)(=O)C1CC1. The fourth-order valence-corrected chi connectivity index (χ4v) is 12.4. The highest BCUT2D eigenvalue weighted by Gasteiger charge is 2.67. The van der Waals surface area contributed by atoms with E-state index in [1.807, 2.05) is 0 Å². The van der Waals surface area contributed by atoms with Crippen LogP contribution >= 0.6 is 11.6 Å². The van der Waals surface area contributed by atoms with Crippen molar-refractivity contribution in [1.82, 2.24) is 29.9 Å². The lowest BCUT2D eigenvalue weighted by atomic mass is 9.93. The molecule has 66 heavy (non-hydrogen) atoms. The van der Waals surface area contributed by atoms with Gasteiger partial charge in [-0.3, -0.25) is 18.9 Å². The Balaban J connectivity index is 1.14. The molecule has 5 aromatic rings. The lowest BCUT2D eigenvalue weighted by Gasteiger charge is -2.28. The fourth-order valence-electron chi connectivity index (χ4n) is 9.00. The van der Waals surface area contributed by atoms with Gasteiger partial charge in [0.2, 0.25) is 15.9 Å². The molecule has 4 aliphatic carbocycles. The van der Waals surface area contributed by atoms with Gasteiger partial charge >= 0.3 is 0 Å². The molecule has 0 spiro atoms. The van der Waals surface area contributed by atoms with Crippen LogP contribution in [0.5, 0.6) is 0 Å². The van der Waals surface area contributed by atoms with Gasteiger partial charge in [-0.1, -0.05) is 23.6 Å². The van der Waals surface area contributed by atoms with Crippen molar-refractivity contribution in [1.29, 1.82) is 0 Å². The van der Waals surface area contributed by atoms with Gasteiger partial charge in [-0.2, -0.15) is 19.0 Å². The molecule has 10 rings (SSSR count). The van der Waals surface area contributed by atoms with Crippen LogP contribution < -0.4 is 10.0 Å². The molecule has 2 N–H and O–H groups in total. The Morgan fingerprint density at radius 2 is 1.65 bits per heavy atom. The number of pyridine rings is 1. The third-order valence-electron chi connectivity index (χ3n) is 12.8. The van der Waals surface area contributed by atoms with E-state index in [2.05, 4.69) is 32.1 Å². The maximum absolute atomic E-state index is 15.6. The number of sulfone groups is 1. The second-order valence-corrected chi connectivity index (χ2v) is 23.2. The summed E-state index contributed by atoms with van der Waals surface area (Å²) in [6.07, 6.45) is -1.68. The predicted molar refractivity (Wildman–Crippen MR) is 229 cm³/mol. The van der Waals surface area contributed by atoms with Crippen LogP contribution in [0.15, 0.2) is 42.5 Å². The lowest BCUT2D eigenvalue weighted by Crippen LogP contribution is -2.35. The molecule has 0 radical (unpaired) electrons. The number of carbonyl (C=O) groups excluding carboxylic acids is 1. The van der Waals surface area contributed by atoms with Crippen molar-refractivity contribution in [2.75, 3.05) is 17.9 Å². The van der Waals surface area contributed by atoms with E-state index in [4.69, 9.17) is 21.3 Å². The largest absolute Gasteiger partial charge is 0.377 e. The van der Waals surface area contributed by atoms with E-state index in [1.165, 1.54) is 26.0 Å². The molecule has 1 saturated heterocycles. The Morgan fingerprint density at radius 3 is 2.29 bits per heavy atom. The molecule has 13 nitrogen and oxygen atoms in total. The standard InChI is InChI=1S/C44H40ClF6N7O6S2/c1-43(2,65(60,61)26-4-5-26)12-11-24-3-8-28(29-9-10-32(45)36-39(29)58(25-19-64-20-25)55-42(36)56-66(62,63)27-6-7-27)37(52-24)33(15-21-13-22(46)16-23(47)14-21)53-34(59)18-57-40-35(38(54-57)41(48)49)30-17-31(30)44(40,50)51/h3,8-10,13-14,16,25-27,30-31,33,41H,4-7,15,17-20H2,1-2H3,(H,53,59)(H,55,56)/t30-,31?,33-/m0/s1. The van der Waals surface area contributed by atoms with Crippen LogP contribution in [0.2, 0.25) is 5.02 Å². The molecule has 0 bridgehead atoms. The Morgan fingerprint density at radius 1 is 0.970 bits per heavy atom. The topological polar surface area (TPSA) is 167 Å². The lowest BCUT2D eigenvalue weighted by molar-refractivity contribution is -0.123. The Labute approximate surface area is 379 Å². The second-order valence-electron chi connectivity index (χ2n) is 18.1. The first-order valence-electron chi connectivity index (χ1n) is 21.2. The summed E-state index contributed by atoms with van der Waals surface area (Å²) in [5.41, 5.74) is -1.00. The average Bonchev–Trinajstić information content (AvgIpc) is 4.10. The molecule has 3 aromatic heterocycles. The number of amides is 1. The summed E-state index contributed by atoms with van der Waals surface area (Å²) >= 11 is 6.84. The van der Waals surface area contributed by atoms with Gasteiger partial charge in [0.25, 0.3) is 12.3 Å². The van der Waals surface area contributed by atoms with Gasteiger partial charge in [0.05, 0.1) is 57.4 Å². The van der Waals surface area contributed by atoms with E-state index in [1.54, 1.807) is 16.8 Å². The number of hydrogen-bond donors (Lipinski definition) is 2. The Hall–Kier alpha value is -5.17. The van der Waals surface area contributed by atoms with Gasteiger partial charge < -0.3 is 10.1 Å². The van der Waals surface area contributed by atoms with E-state index >= 15 is 8.78 Å². The number of rotatable bonds is 14. The molecular weight excluding hydrogens is 936 g/mol. The molecule has 4 heterocycles. The van der Waals surface area contributed by atoms with Crippen LogP contribution in [0.1, 0.15) is 104 Å². The van der Waals surface area contributed by atoms with Crippen molar-refractivity contribution in [3.63, 3.8) is 0 Å². The smallest absolute Gasteiger partial charge is 0.293 e. The highest BCUT2D eigenvalue weighted by molar-refractivity contribution is 7.94. The van der Waals surface area contributed by atoms with Gasteiger partial charge in [0.15, 0.2) is 15.7 Å². The van der Waals surface area contributed by atoms with Gasteiger partial charge in [-0.25, -0.2) is 39.4 Å². The van der Waals surface area contributed by atoms with Gasteiger partial charge in [-0.15, -0.1) is 0 Å². The van der Waals surface area contributed by atoms with Gasteiger partial charge in [-0.05, 0) is 100 Å². The molecule has 3 saturated carbocycles. The van der Waals surface area contributed by atoms with Crippen LogP contribution in [-0.4, -0.2) is 75.7 Å². The van der Waals surface area contributed by atoms with Crippen molar-refractivity contribution >= 4 is 54.1 Å². The predicted octanol–water partition coefficient (Wildman–Crippen LogP) is 7.66. The zero-order chi connectivity index (χ0) is 46.8. The number of hydrogen-bond acceptors (Lipinski definition) is 9. The first kappa shape index (κ1) is 44.7. The zero-order valence-corrected chi connectivity index (χ0v) is 37.5. The Kier molecular flexibility index (Phi) is 10.6. The fraction of sp³-hybridized carbons (Fsp3) is 0.455.